The molecule has 1 nitrogen and oxygen atoms in total. The number of pyridine rings is 1. The van der Waals surface area contributed by atoms with Gasteiger partial charge in [-0.2, -0.15) is 0 Å². The summed E-state index contributed by atoms with van der Waals surface area (Å²) in [6, 6.07) is 66.3. The van der Waals surface area contributed by atoms with Gasteiger partial charge in [-0.1, -0.05) is 208 Å². The maximum absolute atomic E-state index is 4.81. The number of fused-ring (bicyclic) bond motifs is 10. The molecule has 1 aromatic heterocycles. The molecule has 3 aliphatic rings. The first kappa shape index (κ1) is 48.1. The van der Waals surface area contributed by atoms with Gasteiger partial charge in [-0.15, -0.1) is 35.4 Å². The van der Waals surface area contributed by atoms with Crippen LogP contribution < -0.4 is 0 Å². The Morgan fingerprint density at radius 2 is 0.833 bits per heavy atom. The first-order valence-electron chi connectivity index (χ1n) is 26.8. The minimum absolute atomic E-state index is 0. The monoisotopic (exact) mass is 1110 g/mol. The molecule has 0 fully saturated rings. The summed E-state index contributed by atoms with van der Waals surface area (Å²) in [4.78, 5) is 4.81. The second-order valence-corrected chi connectivity index (χ2v) is 22.2. The molecule has 0 saturated heterocycles. The minimum atomic E-state index is -0.162. The molecule has 0 N–H and O–H groups in total. The Hall–Kier alpha value is -6.18. The number of aromatic nitrogens is 1. The maximum atomic E-state index is 4.81. The average molecular weight is 1110 g/mol. The Morgan fingerprint density at radius 1 is 0.403 bits per heavy atom. The van der Waals surface area contributed by atoms with E-state index in [1.165, 1.54) is 159 Å². The minimum Gasteiger partial charge on any atom is -0.304 e. The Labute approximate surface area is 442 Å². The first-order valence-corrected chi connectivity index (χ1v) is 26.8. The summed E-state index contributed by atoms with van der Waals surface area (Å²) in [5, 5.41) is 2.34. The van der Waals surface area contributed by atoms with E-state index in [9.17, 15) is 0 Å². The molecular formula is C70H66IrN-. The third-order valence-corrected chi connectivity index (χ3v) is 17.3. The molecule has 8 aromatic carbocycles. The predicted octanol–water partition coefficient (Wildman–Crippen LogP) is 19.5. The van der Waals surface area contributed by atoms with Crippen molar-refractivity contribution < 1.29 is 20.1 Å². The van der Waals surface area contributed by atoms with Gasteiger partial charge in [0.2, 0.25) is 0 Å². The van der Waals surface area contributed by atoms with Crippen LogP contribution in [0.2, 0.25) is 0 Å². The fourth-order valence-corrected chi connectivity index (χ4v) is 13.3. The van der Waals surface area contributed by atoms with Crippen LogP contribution in [0.5, 0.6) is 0 Å². The van der Waals surface area contributed by atoms with Gasteiger partial charge in [0.05, 0.1) is 0 Å². The molecule has 9 aromatic rings. The van der Waals surface area contributed by atoms with Crippen LogP contribution in [0.1, 0.15) is 139 Å². The summed E-state index contributed by atoms with van der Waals surface area (Å²) in [7, 11) is 0. The number of nitrogens with zero attached hydrogens (tertiary/aromatic N) is 1. The van der Waals surface area contributed by atoms with Gasteiger partial charge in [0.15, 0.2) is 0 Å². The van der Waals surface area contributed by atoms with Gasteiger partial charge in [0.25, 0.3) is 0 Å². The van der Waals surface area contributed by atoms with E-state index in [1.807, 2.05) is 12.3 Å². The van der Waals surface area contributed by atoms with Crippen LogP contribution in [-0.4, -0.2) is 4.98 Å². The Bertz CT molecular complexity index is 3510. The van der Waals surface area contributed by atoms with Crippen molar-refractivity contribution >= 4 is 10.8 Å². The summed E-state index contributed by atoms with van der Waals surface area (Å²) in [6.07, 6.45) is 14.7. The maximum Gasteiger partial charge on any atom is 0.0215 e. The van der Waals surface area contributed by atoms with Crippen LogP contribution in [0.15, 0.2) is 170 Å². The summed E-state index contributed by atoms with van der Waals surface area (Å²) in [5.41, 5.74) is 26.4. The standard InChI is InChI=1S/C70H66N.Ir/c1-7-9-11-17-37-70(38-18-12-10-8-2)61-25-16-15-24-55(61)60-35-30-52(45-66(60)70)51-29-34-59-58-33-28-50(43-64(58)69(5,6)65(59)44-51)49-27-32-57-56-31-26-48(41-62(56)68(3,4)63(57)42-49)47-21-19-22-53(40-47)67-54-23-14-13-20-46(54)36-39-71-67;/h13-16,19-21,23-36,39-45H,7-12,17-18,37-38H2,1-6H3;/q-1;. The van der Waals surface area contributed by atoms with Crippen LogP contribution in [0, 0.1) is 6.07 Å². The van der Waals surface area contributed by atoms with E-state index in [0.29, 0.717) is 0 Å². The van der Waals surface area contributed by atoms with Crippen molar-refractivity contribution in [2.45, 2.75) is 122 Å². The van der Waals surface area contributed by atoms with E-state index in [4.69, 9.17) is 4.98 Å². The quantitative estimate of drug-likeness (QED) is 0.0781. The van der Waals surface area contributed by atoms with Crippen LogP contribution in [-0.2, 0) is 36.4 Å². The van der Waals surface area contributed by atoms with E-state index >= 15 is 0 Å². The van der Waals surface area contributed by atoms with Gasteiger partial charge >= 0.3 is 0 Å². The largest absolute Gasteiger partial charge is 0.304 e. The van der Waals surface area contributed by atoms with Crippen molar-refractivity contribution in [3.05, 3.63) is 209 Å². The van der Waals surface area contributed by atoms with Crippen molar-refractivity contribution in [2.24, 2.45) is 0 Å². The number of rotatable bonds is 14. The summed E-state index contributed by atoms with van der Waals surface area (Å²) >= 11 is 0. The van der Waals surface area contributed by atoms with Gasteiger partial charge in [0, 0.05) is 42.5 Å². The number of hydrogen-bond donors (Lipinski definition) is 0. The molecule has 0 unspecified atom stereocenters. The number of benzene rings is 8. The Morgan fingerprint density at radius 3 is 1.35 bits per heavy atom. The van der Waals surface area contributed by atoms with Crippen molar-refractivity contribution in [2.75, 3.05) is 0 Å². The summed E-state index contributed by atoms with van der Waals surface area (Å²) in [5.74, 6) is 0. The normalized spacial score (nSPS) is 14.8. The molecular weight excluding hydrogens is 1050 g/mol. The van der Waals surface area contributed by atoms with Crippen LogP contribution in [0.3, 0.4) is 0 Å². The summed E-state index contributed by atoms with van der Waals surface area (Å²) < 4.78 is 0. The van der Waals surface area contributed by atoms with Crippen molar-refractivity contribution in [3.8, 4) is 78.0 Å². The van der Waals surface area contributed by atoms with Crippen molar-refractivity contribution in [3.63, 3.8) is 0 Å². The molecule has 361 valence electrons. The van der Waals surface area contributed by atoms with Gasteiger partial charge < -0.3 is 4.98 Å². The molecule has 72 heavy (non-hydrogen) atoms. The van der Waals surface area contributed by atoms with Gasteiger partial charge in [-0.3, -0.25) is 0 Å². The van der Waals surface area contributed by atoms with Crippen LogP contribution in [0.25, 0.3) is 88.8 Å². The number of hydrogen-bond acceptors (Lipinski definition) is 1. The fourth-order valence-electron chi connectivity index (χ4n) is 13.3. The van der Waals surface area contributed by atoms with E-state index in [0.717, 1.165) is 16.6 Å². The predicted molar refractivity (Wildman–Crippen MR) is 301 cm³/mol. The molecule has 0 spiro atoms. The average Bonchev–Trinajstić information content (AvgIpc) is 3.91. The van der Waals surface area contributed by atoms with Crippen molar-refractivity contribution in [1.29, 1.82) is 0 Å². The molecule has 0 atom stereocenters. The first-order chi connectivity index (χ1) is 34.6. The second-order valence-electron chi connectivity index (χ2n) is 22.2. The molecule has 3 aliphatic carbocycles. The van der Waals surface area contributed by atoms with E-state index in [-0.39, 0.29) is 36.4 Å². The van der Waals surface area contributed by atoms with E-state index in [2.05, 4.69) is 205 Å². The molecule has 0 amide bonds. The molecule has 0 bridgehead atoms. The third-order valence-electron chi connectivity index (χ3n) is 17.3. The zero-order valence-corrected chi connectivity index (χ0v) is 45.4. The van der Waals surface area contributed by atoms with E-state index < -0.39 is 0 Å². The van der Waals surface area contributed by atoms with Crippen LogP contribution in [0.4, 0.5) is 0 Å². The van der Waals surface area contributed by atoms with Gasteiger partial charge in [-0.25, -0.2) is 0 Å². The molecule has 0 aliphatic heterocycles. The molecule has 1 heterocycles. The SMILES string of the molecule is CCCCCCC1(CCCCCC)c2ccccc2-c2ccc(-c3ccc4c(c3)C(C)(C)c3cc(-c5ccc6c(c5)C(C)(C)c5cc(-c7cc[c-]c(-c8nccc9ccccc89)c7)ccc5-6)ccc3-4)cc21.[Ir]. The smallest absolute Gasteiger partial charge is 0.0215 e. The Kier molecular flexibility index (Phi) is 12.7. The topological polar surface area (TPSA) is 12.9 Å². The van der Waals surface area contributed by atoms with E-state index in [1.54, 1.807) is 11.1 Å². The molecule has 0 saturated carbocycles. The van der Waals surface area contributed by atoms with Gasteiger partial charge in [-0.05, 0) is 154 Å². The molecule has 2 heteroatoms. The number of unbranched alkanes of at least 4 members (excludes halogenated alkanes) is 6. The van der Waals surface area contributed by atoms with Crippen molar-refractivity contribution in [1.82, 2.24) is 4.98 Å². The molecule has 1 radical (unpaired) electrons. The summed E-state index contributed by atoms with van der Waals surface area (Å²) in [6.45, 7) is 14.3. The molecule has 12 rings (SSSR count). The second kappa shape index (κ2) is 19.0. The zero-order valence-electron chi connectivity index (χ0n) is 43.0. The van der Waals surface area contributed by atoms with Crippen LogP contribution >= 0.6 is 0 Å². The third kappa shape index (κ3) is 7.88. The zero-order chi connectivity index (χ0) is 48.5. The Balaban J connectivity index is 0.00000560. The fraction of sp³-hybridized carbons (Fsp3) is 0.271. The van der Waals surface area contributed by atoms with Gasteiger partial charge in [0.1, 0.15) is 0 Å².